The summed E-state index contributed by atoms with van der Waals surface area (Å²) >= 11 is 0. The molecule has 4 heteroatoms. The lowest BCUT2D eigenvalue weighted by atomic mass is 10.2. The molecule has 0 saturated carbocycles. The zero-order valence-electron chi connectivity index (χ0n) is 10.4. The number of hydrogen-bond acceptors (Lipinski definition) is 3. The van der Waals surface area contributed by atoms with Crippen molar-refractivity contribution < 1.29 is 9.53 Å². The molecule has 0 aliphatic heterocycles. The molecule has 0 atom stereocenters. The molecular weight excluding hydrogens is 240 g/mol. The second-order valence-electron chi connectivity index (χ2n) is 4.19. The molecule has 0 unspecified atom stereocenters. The van der Waals surface area contributed by atoms with Gasteiger partial charge in [0.1, 0.15) is 11.4 Å². The summed E-state index contributed by atoms with van der Waals surface area (Å²) in [7, 11) is 1.64. The SMILES string of the molecule is COc1cccc(-n2ccc3cc(C=O)cnc32)c1. The Hall–Kier alpha value is -2.62. The van der Waals surface area contributed by atoms with Gasteiger partial charge in [-0.3, -0.25) is 4.79 Å². The lowest BCUT2D eigenvalue weighted by Crippen LogP contribution is -1.95. The van der Waals surface area contributed by atoms with Crippen molar-refractivity contribution in [3.8, 4) is 11.4 Å². The van der Waals surface area contributed by atoms with E-state index in [2.05, 4.69) is 4.98 Å². The van der Waals surface area contributed by atoms with Crippen molar-refractivity contribution in [3.05, 3.63) is 54.4 Å². The second kappa shape index (κ2) is 4.57. The standard InChI is InChI=1S/C15H12N2O2/c1-19-14-4-2-3-13(8-14)17-6-5-12-7-11(10-18)9-16-15(12)17/h2-10H,1H3. The number of aldehydes is 1. The van der Waals surface area contributed by atoms with Gasteiger partial charge in [0.05, 0.1) is 12.8 Å². The average molecular weight is 252 g/mol. The van der Waals surface area contributed by atoms with E-state index in [0.29, 0.717) is 5.56 Å². The fraction of sp³-hybridized carbons (Fsp3) is 0.0667. The minimum atomic E-state index is 0.580. The quantitative estimate of drug-likeness (QED) is 0.673. The van der Waals surface area contributed by atoms with Crippen molar-refractivity contribution in [1.82, 2.24) is 9.55 Å². The van der Waals surface area contributed by atoms with E-state index in [1.165, 1.54) is 0 Å². The first kappa shape index (κ1) is 11.5. The fourth-order valence-electron chi connectivity index (χ4n) is 2.07. The third-order valence-corrected chi connectivity index (χ3v) is 3.02. The first-order chi connectivity index (χ1) is 9.31. The van der Waals surface area contributed by atoms with E-state index in [0.717, 1.165) is 28.8 Å². The van der Waals surface area contributed by atoms with Gasteiger partial charge in [-0.25, -0.2) is 4.98 Å². The van der Waals surface area contributed by atoms with Crippen molar-refractivity contribution >= 4 is 17.3 Å². The minimum absolute atomic E-state index is 0.580. The molecular formula is C15H12N2O2. The predicted octanol–water partition coefficient (Wildman–Crippen LogP) is 2.85. The Kier molecular flexibility index (Phi) is 2.76. The molecule has 0 spiro atoms. The number of nitrogens with zero attached hydrogens (tertiary/aromatic N) is 2. The van der Waals surface area contributed by atoms with Gasteiger partial charge in [0.2, 0.25) is 0 Å². The Morgan fingerprint density at radius 2 is 2.16 bits per heavy atom. The van der Waals surface area contributed by atoms with Crippen LogP contribution in [0.3, 0.4) is 0 Å². The first-order valence-electron chi connectivity index (χ1n) is 5.88. The van der Waals surface area contributed by atoms with Crippen molar-refractivity contribution in [1.29, 1.82) is 0 Å². The molecule has 1 aromatic carbocycles. The molecule has 2 aromatic heterocycles. The molecule has 2 heterocycles. The minimum Gasteiger partial charge on any atom is -0.497 e. The Labute approximate surface area is 110 Å². The highest BCUT2D eigenvalue weighted by atomic mass is 16.5. The van der Waals surface area contributed by atoms with E-state index >= 15 is 0 Å². The molecule has 0 fully saturated rings. The average Bonchev–Trinajstić information content (AvgIpc) is 2.90. The van der Waals surface area contributed by atoms with Crippen LogP contribution in [0.25, 0.3) is 16.7 Å². The van der Waals surface area contributed by atoms with Crippen molar-refractivity contribution in [2.24, 2.45) is 0 Å². The number of aromatic nitrogens is 2. The summed E-state index contributed by atoms with van der Waals surface area (Å²) in [4.78, 5) is 15.1. The van der Waals surface area contributed by atoms with Crippen molar-refractivity contribution in [3.63, 3.8) is 0 Å². The number of hydrogen-bond donors (Lipinski definition) is 0. The smallest absolute Gasteiger partial charge is 0.151 e. The number of ether oxygens (including phenoxy) is 1. The van der Waals surface area contributed by atoms with E-state index in [1.807, 2.05) is 47.2 Å². The maximum atomic E-state index is 10.7. The molecule has 0 bridgehead atoms. The number of carbonyl (C=O) groups is 1. The Morgan fingerprint density at radius 3 is 2.95 bits per heavy atom. The van der Waals surface area contributed by atoms with Crippen LogP contribution in [0.1, 0.15) is 10.4 Å². The van der Waals surface area contributed by atoms with E-state index < -0.39 is 0 Å². The van der Waals surface area contributed by atoms with Crippen LogP contribution in [0, 0.1) is 0 Å². The molecule has 0 saturated heterocycles. The van der Waals surface area contributed by atoms with Gasteiger partial charge in [0.25, 0.3) is 0 Å². The van der Waals surface area contributed by atoms with Gasteiger partial charge in [-0.2, -0.15) is 0 Å². The molecule has 0 aliphatic rings. The summed E-state index contributed by atoms with van der Waals surface area (Å²) in [5, 5.41) is 0.937. The molecule has 3 aromatic rings. The van der Waals surface area contributed by atoms with Crippen LogP contribution < -0.4 is 4.74 Å². The second-order valence-corrected chi connectivity index (χ2v) is 4.19. The molecule has 94 valence electrons. The highest BCUT2D eigenvalue weighted by Gasteiger charge is 2.06. The van der Waals surface area contributed by atoms with Crippen LogP contribution in [0.5, 0.6) is 5.75 Å². The van der Waals surface area contributed by atoms with Crippen LogP contribution in [-0.4, -0.2) is 22.9 Å². The molecule has 3 rings (SSSR count). The van der Waals surface area contributed by atoms with Crippen LogP contribution in [-0.2, 0) is 0 Å². The van der Waals surface area contributed by atoms with Gasteiger partial charge in [-0.1, -0.05) is 6.07 Å². The number of rotatable bonds is 3. The van der Waals surface area contributed by atoms with Gasteiger partial charge in [-0.15, -0.1) is 0 Å². The maximum absolute atomic E-state index is 10.7. The third-order valence-electron chi connectivity index (χ3n) is 3.02. The largest absolute Gasteiger partial charge is 0.497 e. The molecule has 0 radical (unpaired) electrons. The summed E-state index contributed by atoms with van der Waals surface area (Å²) in [6.45, 7) is 0. The highest BCUT2D eigenvalue weighted by Crippen LogP contribution is 2.22. The maximum Gasteiger partial charge on any atom is 0.151 e. The Bertz CT molecular complexity index is 747. The van der Waals surface area contributed by atoms with Crippen LogP contribution >= 0.6 is 0 Å². The van der Waals surface area contributed by atoms with Gasteiger partial charge < -0.3 is 9.30 Å². The third kappa shape index (κ3) is 1.97. The van der Waals surface area contributed by atoms with Crippen LogP contribution in [0.2, 0.25) is 0 Å². The van der Waals surface area contributed by atoms with Crippen LogP contribution in [0.4, 0.5) is 0 Å². The van der Waals surface area contributed by atoms with E-state index in [-0.39, 0.29) is 0 Å². The number of benzene rings is 1. The summed E-state index contributed by atoms with van der Waals surface area (Å²) < 4.78 is 7.19. The fourth-order valence-corrected chi connectivity index (χ4v) is 2.07. The number of pyridine rings is 1. The zero-order valence-corrected chi connectivity index (χ0v) is 10.4. The van der Waals surface area contributed by atoms with Crippen molar-refractivity contribution in [2.45, 2.75) is 0 Å². The number of methoxy groups -OCH3 is 1. The first-order valence-corrected chi connectivity index (χ1v) is 5.88. The molecule has 0 amide bonds. The normalized spacial score (nSPS) is 10.6. The summed E-state index contributed by atoms with van der Waals surface area (Å²) in [5.41, 5.74) is 2.37. The summed E-state index contributed by atoms with van der Waals surface area (Å²) in [5.74, 6) is 0.795. The van der Waals surface area contributed by atoms with Gasteiger partial charge in [0.15, 0.2) is 6.29 Å². The summed E-state index contributed by atoms with van der Waals surface area (Å²) in [6, 6.07) is 11.5. The monoisotopic (exact) mass is 252 g/mol. The van der Waals surface area contributed by atoms with E-state index in [1.54, 1.807) is 13.3 Å². The molecule has 0 aliphatic carbocycles. The molecule has 0 N–H and O–H groups in total. The topological polar surface area (TPSA) is 44.1 Å². The van der Waals surface area contributed by atoms with Gasteiger partial charge >= 0.3 is 0 Å². The summed E-state index contributed by atoms with van der Waals surface area (Å²) in [6.07, 6.45) is 4.31. The number of fused-ring (bicyclic) bond motifs is 1. The lowest BCUT2D eigenvalue weighted by Gasteiger charge is -2.06. The van der Waals surface area contributed by atoms with E-state index in [9.17, 15) is 4.79 Å². The predicted molar refractivity (Wildman–Crippen MR) is 73.0 cm³/mol. The van der Waals surface area contributed by atoms with Gasteiger partial charge in [-0.05, 0) is 24.3 Å². The highest BCUT2D eigenvalue weighted by molar-refractivity contribution is 5.85. The van der Waals surface area contributed by atoms with Gasteiger partial charge in [0, 0.05) is 29.4 Å². The van der Waals surface area contributed by atoms with Crippen LogP contribution in [0.15, 0.2) is 48.8 Å². The molecule has 4 nitrogen and oxygen atoms in total. The number of carbonyl (C=O) groups excluding carboxylic acids is 1. The lowest BCUT2D eigenvalue weighted by molar-refractivity contribution is 0.112. The van der Waals surface area contributed by atoms with E-state index in [4.69, 9.17) is 4.74 Å². The Morgan fingerprint density at radius 1 is 1.26 bits per heavy atom. The zero-order chi connectivity index (χ0) is 13.2. The molecule has 19 heavy (non-hydrogen) atoms. The Balaban J connectivity index is 2.16. The van der Waals surface area contributed by atoms with Crippen molar-refractivity contribution in [2.75, 3.05) is 7.11 Å².